The summed E-state index contributed by atoms with van der Waals surface area (Å²) in [5, 5.41) is 136. The molecule has 3 aliphatic heterocycles. The van der Waals surface area contributed by atoms with Gasteiger partial charge in [-0.05, 0) is 44.9 Å². The summed E-state index contributed by atoms with van der Waals surface area (Å²) in [4.78, 5) is 38.4. The summed E-state index contributed by atoms with van der Waals surface area (Å²) in [6.45, 7) is 2.08. The molecule has 0 aromatic rings. The number of carboxylic acids is 1. The summed E-state index contributed by atoms with van der Waals surface area (Å²) < 4.78 is 34.7. The van der Waals surface area contributed by atoms with Crippen LogP contribution in [0.1, 0.15) is 213 Å². The average molecular weight is 1220 g/mol. The van der Waals surface area contributed by atoms with Crippen molar-refractivity contribution in [3.05, 3.63) is 24.3 Å². The number of carbonyl (C=O) groups is 3. The van der Waals surface area contributed by atoms with Gasteiger partial charge in [-0.2, -0.15) is 0 Å². The summed E-state index contributed by atoms with van der Waals surface area (Å²) in [7, 11) is 0. The van der Waals surface area contributed by atoms with Crippen molar-refractivity contribution < 1.29 is 104 Å². The summed E-state index contributed by atoms with van der Waals surface area (Å²) in [6, 6.07) is -2.62. The van der Waals surface area contributed by atoms with Crippen molar-refractivity contribution in [3.8, 4) is 0 Å². The van der Waals surface area contributed by atoms with Crippen molar-refractivity contribution in [2.24, 2.45) is 0 Å². The zero-order valence-corrected chi connectivity index (χ0v) is 51.2. The van der Waals surface area contributed by atoms with Crippen LogP contribution in [0.25, 0.3) is 0 Å². The van der Waals surface area contributed by atoms with Crippen molar-refractivity contribution in [2.45, 2.75) is 323 Å². The number of amides is 2. The molecule has 14 N–H and O–H groups in total. The summed E-state index contributed by atoms with van der Waals surface area (Å²) in [6.07, 6.45) is 11.0. The molecule has 496 valence electrons. The second kappa shape index (κ2) is 43.8. The molecule has 3 rings (SSSR count). The standard InChI is InChI=1S/C62H112N2O21/c1-4-6-8-10-12-14-16-18-19-20-21-22-23-24-25-27-29-31-33-35-44(69)43(64-49(72)36-34-32-30-28-26-17-15-13-11-9-7-5-2)41-80-59-54(76)53(75)56(48(40-67)82-59)83-60-55(77)58(52(74)47(39-66)81-60)85-62(61(78)79)37-45(70)50(63-42(3)68)57(84-62)51(73)46(71)38-65/h13,15,33,35,43-48,50-60,65-67,69-71,73-77H,4-12,14,16-32,34,36-41H2,1-3H3,(H,63,68)(H,64,72)(H,78,79)/b15-13-,35-33+. The van der Waals surface area contributed by atoms with Crippen molar-refractivity contribution in [1.29, 1.82) is 0 Å². The summed E-state index contributed by atoms with van der Waals surface area (Å²) in [5.41, 5.74) is 0. The first kappa shape index (κ1) is 76.5. The SMILES string of the molecule is CCCCC/C=C\CCCCCCCC(=O)NC(COC1OC(CO)C(OC2OC(CO)C(O)C(OC3(C(=O)O)CC(O)C(NC(C)=O)C(C(O)C(O)CO)O3)C2O)C(O)C1O)C(O)/C=C/CCCCCCCCCCCCCCCCCCC. The molecule has 3 heterocycles. The number of allylic oxidation sites excluding steroid dienone is 3. The zero-order chi connectivity index (χ0) is 62.6. The number of aliphatic carboxylic acids is 1. The lowest BCUT2D eigenvalue weighted by Gasteiger charge is -2.50. The van der Waals surface area contributed by atoms with Crippen LogP contribution in [0.15, 0.2) is 24.3 Å². The van der Waals surface area contributed by atoms with E-state index < -0.39 is 155 Å². The Morgan fingerprint density at radius 1 is 0.612 bits per heavy atom. The fourth-order valence-electron chi connectivity index (χ4n) is 11.2. The first-order chi connectivity index (χ1) is 40.9. The smallest absolute Gasteiger partial charge is 0.364 e. The van der Waals surface area contributed by atoms with Gasteiger partial charge < -0.3 is 100 Å². The fraction of sp³-hybridized carbons (Fsp3) is 0.887. The second-order valence-corrected chi connectivity index (χ2v) is 23.6. The molecule has 3 saturated heterocycles. The van der Waals surface area contributed by atoms with Crippen LogP contribution in [-0.4, -0.2) is 215 Å². The highest BCUT2D eigenvalue weighted by Gasteiger charge is 2.60. The predicted octanol–water partition coefficient (Wildman–Crippen LogP) is 4.11. The van der Waals surface area contributed by atoms with Gasteiger partial charge in [0, 0.05) is 19.8 Å². The highest BCUT2D eigenvalue weighted by atomic mass is 16.8. The van der Waals surface area contributed by atoms with Gasteiger partial charge in [0.15, 0.2) is 12.6 Å². The van der Waals surface area contributed by atoms with Crippen LogP contribution in [0.4, 0.5) is 0 Å². The number of ether oxygens (including phenoxy) is 6. The maximum Gasteiger partial charge on any atom is 0.364 e. The second-order valence-electron chi connectivity index (χ2n) is 23.6. The monoisotopic (exact) mass is 1220 g/mol. The maximum absolute atomic E-state index is 13.4. The minimum absolute atomic E-state index is 0.190. The van der Waals surface area contributed by atoms with E-state index in [4.69, 9.17) is 28.4 Å². The van der Waals surface area contributed by atoms with Crippen molar-refractivity contribution in [2.75, 3.05) is 26.4 Å². The number of hydrogen-bond donors (Lipinski definition) is 14. The van der Waals surface area contributed by atoms with Crippen molar-refractivity contribution in [3.63, 3.8) is 0 Å². The van der Waals surface area contributed by atoms with Crippen LogP contribution in [0.5, 0.6) is 0 Å². The Hall–Kier alpha value is -2.79. The third-order valence-electron chi connectivity index (χ3n) is 16.4. The Balaban J connectivity index is 1.64. The third-order valence-corrected chi connectivity index (χ3v) is 16.4. The molecule has 85 heavy (non-hydrogen) atoms. The summed E-state index contributed by atoms with van der Waals surface area (Å²) >= 11 is 0. The Labute approximate surface area is 504 Å². The number of carbonyl (C=O) groups excluding carboxylic acids is 2. The normalized spacial score (nSPS) is 29.7. The van der Waals surface area contributed by atoms with Gasteiger partial charge in [0.25, 0.3) is 5.79 Å². The number of hydrogen-bond acceptors (Lipinski definition) is 20. The molecule has 23 heteroatoms. The van der Waals surface area contributed by atoms with Crippen molar-refractivity contribution in [1.82, 2.24) is 10.6 Å². The van der Waals surface area contributed by atoms with Gasteiger partial charge in [-0.3, -0.25) is 9.59 Å². The molecule has 0 aromatic carbocycles. The van der Waals surface area contributed by atoms with Gasteiger partial charge in [0.05, 0.1) is 50.7 Å². The molecule has 23 nitrogen and oxygen atoms in total. The number of aliphatic hydroxyl groups is 11. The van der Waals surface area contributed by atoms with E-state index in [9.17, 15) is 75.7 Å². The number of aliphatic hydroxyl groups excluding tert-OH is 11. The lowest BCUT2D eigenvalue weighted by molar-refractivity contribution is -0.386. The number of unbranched alkanes of at least 4 members (excludes halogenated alkanes) is 25. The highest BCUT2D eigenvalue weighted by molar-refractivity contribution is 5.77. The minimum atomic E-state index is -3.08. The average Bonchev–Trinajstić information content (AvgIpc) is 1.33. The van der Waals surface area contributed by atoms with E-state index in [1.807, 2.05) is 6.08 Å². The van der Waals surface area contributed by atoms with Gasteiger partial charge >= 0.3 is 5.97 Å². The molecule has 18 unspecified atom stereocenters. The van der Waals surface area contributed by atoms with Crippen LogP contribution in [0.2, 0.25) is 0 Å². The zero-order valence-electron chi connectivity index (χ0n) is 51.2. The molecular formula is C62H112N2O21. The number of nitrogens with one attached hydrogen (secondary N) is 2. The van der Waals surface area contributed by atoms with Crippen LogP contribution < -0.4 is 10.6 Å². The highest BCUT2D eigenvalue weighted by Crippen LogP contribution is 2.38. The van der Waals surface area contributed by atoms with Gasteiger partial charge in [-0.25, -0.2) is 4.79 Å². The quantitative estimate of drug-likeness (QED) is 0.0301. The Morgan fingerprint density at radius 2 is 1.11 bits per heavy atom. The maximum atomic E-state index is 13.4. The Bertz CT molecular complexity index is 1830. The van der Waals surface area contributed by atoms with E-state index in [0.29, 0.717) is 12.8 Å². The van der Waals surface area contributed by atoms with E-state index in [-0.39, 0.29) is 12.3 Å². The lowest BCUT2D eigenvalue weighted by atomic mass is 9.88. The molecule has 18 atom stereocenters. The molecule has 0 saturated carbocycles. The topological polar surface area (TPSA) is 373 Å². The molecule has 0 radical (unpaired) electrons. The predicted molar refractivity (Wildman–Crippen MR) is 315 cm³/mol. The molecule has 2 amide bonds. The van der Waals surface area contributed by atoms with Gasteiger partial charge in [-0.1, -0.05) is 173 Å². The largest absolute Gasteiger partial charge is 0.477 e. The van der Waals surface area contributed by atoms with E-state index in [2.05, 4.69) is 36.6 Å². The Morgan fingerprint density at radius 3 is 1.62 bits per heavy atom. The Kier molecular flexibility index (Phi) is 39.4. The molecule has 0 spiro atoms. The van der Waals surface area contributed by atoms with Crippen LogP contribution in [-0.2, 0) is 42.8 Å². The van der Waals surface area contributed by atoms with Crippen LogP contribution in [0, 0.1) is 0 Å². The molecule has 0 aliphatic carbocycles. The molecule has 3 fully saturated rings. The van der Waals surface area contributed by atoms with Crippen LogP contribution >= 0.6 is 0 Å². The first-order valence-corrected chi connectivity index (χ1v) is 32.2. The lowest BCUT2D eigenvalue weighted by Crippen LogP contribution is -2.70. The van der Waals surface area contributed by atoms with E-state index in [1.165, 1.54) is 109 Å². The number of rotatable bonds is 47. The van der Waals surface area contributed by atoms with E-state index in [1.54, 1.807) is 6.08 Å². The molecule has 3 aliphatic rings. The minimum Gasteiger partial charge on any atom is -0.477 e. The van der Waals surface area contributed by atoms with E-state index >= 15 is 0 Å². The van der Waals surface area contributed by atoms with Crippen LogP contribution in [0.3, 0.4) is 0 Å². The van der Waals surface area contributed by atoms with Gasteiger partial charge in [0.2, 0.25) is 11.8 Å². The molecular weight excluding hydrogens is 1110 g/mol. The summed E-state index contributed by atoms with van der Waals surface area (Å²) in [5.74, 6) is -6.15. The van der Waals surface area contributed by atoms with Gasteiger partial charge in [-0.15, -0.1) is 0 Å². The van der Waals surface area contributed by atoms with Gasteiger partial charge in [0.1, 0.15) is 67.1 Å². The molecule has 0 bridgehead atoms. The fourth-order valence-corrected chi connectivity index (χ4v) is 11.2. The van der Waals surface area contributed by atoms with Crippen molar-refractivity contribution >= 4 is 17.8 Å². The first-order valence-electron chi connectivity index (χ1n) is 32.2. The number of carboxylic acid groups (broad SMARTS) is 1. The van der Waals surface area contributed by atoms with E-state index in [0.717, 1.165) is 64.7 Å². The third kappa shape index (κ3) is 27.5. The molecule has 0 aromatic heterocycles.